The summed E-state index contributed by atoms with van der Waals surface area (Å²) in [6.45, 7) is 1.79. The Morgan fingerprint density at radius 2 is 1.76 bits per heavy atom. The molecule has 0 aliphatic rings. The second-order valence-corrected chi connectivity index (χ2v) is 7.09. The molecular formula is C20H19ClF3N3O2. The average molecular weight is 426 g/mol. The molecule has 0 bridgehead atoms. The Morgan fingerprint density at radius 1 is 1.07 bits per heavy atom. The molecule has 0 aliphatic carbocycles. The van der Waals surface area contributed by atoms with E-state index in [0.29, 0.717) is 23.0 Å². The van der Waals surface area contributed by atoms with E-state index in [1.54, 1.807) is 31.2 Å². The van der Waals surface area contributed by atoms with Crippen LogP contribution in [0, 0.1) is 0 Å². The van der Waals surface area contributed by atoms with Crippen LogP contribution in [0.2, 0.25) is 5.02 Å². The molecule has 3 aromatic rings. The minimum Gasteiger partial charge on any atom is -0.457 e. The zero-order valence-electron chi connectivity index (χ0n) is 15.5. The molecule has 0 fully saturated rings. The number of aliphatic hydroxyl groups is 1. The van der Waals surface area contributed by atoms with Gasteiger partial charge in [-0.25, -0.2) is 4.98 Å². The molecular weight excluding hydrogens is 407 g/mol. The summed E-state index contributed by atoms with van der Waals surface area (Å²) in [4.78, 5) is 3.94. The highest BCUT2D eigenvalue weighted by atomic mass is 35.5. The normalized spacial score (nSPS) is 13.9. The first-order valence-electron chi connectivity index (χ1n) is 8.93. The smallest absolute Gasteiger partial charge is 0.416 e. The van der Waals surface area contributed by atoms with E-state index < -0.39 is 17.3 Å². The van der Waals surface area contributed by atoms with Crippen LogP contribution in [-0.2, 0) is 18.2 Å². The maximum absolute atomic E-state index is 13.8. The first-order valence-corrected chi connectivity index (χ1v) is 9.31. The number of benzene rings is 2. The lowest BCUT2D eigenvalue weighted by molar-refractivity contribution is -0.141. The van der Waals surface area contributed by atoms with Gasteiger partial charge in [0.1, 0.15) is 23.7 Å². The maximum atomic E-state index is 13.8. The van der Waals surface area contributed by atoms with E-state index in [1.165, 1.54) is 18.5 Å². The zero-order valence-corrected chi connectivity index (χ0v) is 16.3. The number of alkyl halides is 3. The number of ether oxygens (including phenoxy) is 1. The standard InChI is InChI=1S/C20H19ClF3N3O2/c1-2-9-19(28,11-18-25-12-26-27-18)16-8-7-15(10-17(16)20(22,23)24)29-14-5-3-13(21)4-6-14/h3-8,10,12,28H,2,9,11H2,1H3,(H,25,26,27)/t19-/m1/s1. The van der Waals surface area contributed by atoms with E-state index in [-0.39, 0.29) is 24.2 Å². The van der Waals surface area contributed by atoms with Crippen molar-refractivity contribution in [1.29, 1.82) is 0 Å². The van der Waals surface area contributed by atoms with E-state index >= 15 is 0 Å². The second-order valence-electron chi connectivity index (χ2n) is 6.65. The molecule has 0 saturated heterocycles. The van der Waals surface area contributed by atoms with Crippen molar-refractivity contribution in [2.75, 3.05) is 0 Å². The van der Waals surface area contributed by atoms with Crippen molar-refractivity contribution in [3.63, 3.8) is 0 Å². The summed E-state index contributed by atoms with van der Waals surface area (Å²) in [5.41, 5.74) is -2.95. The predicted molar refractivity (Wildman–Crippen MR) is 102 cm³/mol. The lowest BCUT2D eigenvalue weighted by Gasteiger charge is -2.30. The van der Waals surface area contributed by atoms with Crippen LogP contribution in [0.3, 0.4) is 0 Å². The fourth-order valence-electron chi connectivity index (χ4n) is 3.19. The Labute approximate surface area is 170 Å². The first-order chi connectivity index (χ1) is 13.7. The van der Waals surface area contributed by atoms with E-state index in [4.69, 9.17) is 16.3 Å². The third kappa shape index (κ3) is 5.07. The van der Waals surface area contributed by atoms with Crippen molar-refractivity contribution in [1.82, 2.24) is 15.2 Å². The van der Waals surface area contributed by atoms with Gasteiger partial charge in [-0.3, -0.25) is 5.10 Å². The fraction of sp³-hybridized carbons (Fsp3) is 0.300. The zero-order chi connectivity index (χ0) is 21.1. The number of halogens is 4. The van der Waals surface area contributed by atoms with Crippen LogP contribution in [-0.4, -0.2) is 20.3 Å². The molecule has 1 heterocycles. The molecule has 0 aliphatic heterocycles. The number of nitrogens with zero attached hydrogens (tertiary/aromatic N) is 2. The molecule has 9 heteroatoms. The van der Waals surface area contributed by atoms with Gasteiger partial charge >= 0.3 is 6.18 Å². The highest BCUT2D eigenvalue weighted by Crippen LogP contribution is 2.42. The van der Waals surface area contributed by atoms with Crippen LogP contribution in [0.5, 0.6) is 11.5 Å². The lowest BCUT2D eigenvalue weighted by atomic mass is 9.83. The van der Waals surface area contributed by atoms with Gasteiger partial charge in [-0.15, -0.1) is 0 Å². The number of H-pyrrole nitrogens is 1. The quantitative estimate of drug-likeness (QED) is 0.524. The monoisotopic (exact) mass is 425 g/mol. The van der Waals surface area contributed by atoms with Crippen molar-refractivity contribution in [2.45, 2.75) is 38.0 Å². The molecule has 2 aromatic carbocycles. The van der Waals surface area contributed by atoms with Crippen LogP contribution in [0.25, 0.3) is 0 Å². The third-order valence-corrected chi connectivity index (χ3v) is 4.69. The van der Waals surface area contributed by atoms with Crippen LogP contribution in [0.4, 0.5) is 13.2 Å². The van der Waals surface area contributed by atoms with Gasteiger partial charge in [0.2, 0.25) is 0 Å². The highest BCUT2D eigenvalue weighted by molar-refractivity contribution is 6.30. The summed E-state index contributed by atoms with van der Waals surface area (Å²) in [6.07, 6.45) is -2.96. The van der Waals surface area contributed by atoms with Crippen molar-refractivity contribution >= 4 is 11.6 Å². The van der Waals surface area contributed by atoms with Gasteiger partial charge in [0.05, 0.1) is 11.2 Å². The van der Waals surface area contributed by atoms with E-state index in [1.807, 2.05) is 0 Å². The van der Waals surface area contributed by atoms with Gasteiger partial charge in [0.25, 0.3) is 0 Å². The molecule has 2 N–H and O–H groups in total. The minimum atomic E-state index is -4.68. The Bertz CT molecular complexity index is 947. The Kier molecular flexibility index (Phi) is 6.14. The summed E-state index contributed by atoms with van der Waals surface area (Å²) in [7, 11) is 0. The summed E-state index contributed by atoms with van der Waals surface area (Å²) < 4.78 is 47.1. The highest BCUT2D eigenvalue weighted by Gasteiger charge is 2.41. The van der Waals surface area contributed by atoms with E-state index in [2.05, 4.69) is 15.2 Å². The molecule has 1 atom stereocenters. The molecule has 3 rings (SSSR count). The first kappa shape index (κ1) is 21.1. The maximum Gasteiger partial charge on any atom is 0.416 e. The number of hydrogen-bond acceptors (Lipinski definition) is 4. The summed E-state index contributed by atoms with van der Waals surface area (Å²) in [5, 5.41) is 17.9. The van der Waals surface area contributed by atoms with Gasteiger partial charge < -0.3 is 9.84 Å². The molecule has 154 valence electrons. The Balaban J connectivity index is 2.01. The summed E-state index contributed by atoms with van der Waals surface area (Å²) in [6, 6.07) is 9.81. The van der Waals surface area contributed by atoms with Crippen LogP contribution in [0.1, 0.15) is 36.7 Å². The van der Waals surface area contributed by atoms with Gasteiger partial charge in [-0.1, -0.05) is 31.0 Å². The molecule has 0 unspecified atom stereocenters. The number of aromatic amines is 1. The van der Waals surface area contributed by atoms with Gasteiger partial charge in [0, 0.05) is 11.4 Å². The van der Waals surface area contributed by atoms with Crippen LogP contribution >= 0.6 is 11.6 Å². The van der Waals surface area contributed by atoms with E-state index in [9.17, 15) is 18.3 Å². The number of rotatable bonds is 7. The van der Waals surface area contributed by atoms with Crippen LogP contribution in [0.15, 0.2) is 48.8 Å². The van der Waals surface area contributed by atoms with Crippen molar-refractivity contribution in [2.24, 2.45) is 0 Å². The topological polar surface area (TPSA) is 71.0 Å². The van der Waals surface area contributed by atoms with Crippen molar-refractivity contribution < 1.29 is 23.0 Å². The Morgan fingerprint density at radius 3 is 2.34 bits per heavy atom. The SMILES string of the molecule is CCC[C@@](O)(Cc1ncn[nH]1)c1ccc(Oc2ccc(Cl)cc2)cc1C(F)(F)F. The molecule has 29 heavy (non-hydrogen) atoms. The summed E-state index contributed by atoms with van der Waals surface area (Å²) in [5.74, 6) is 0.651. The van der Waals surface area contributed by atoms with Crippen molar-refractivity contribution in [3.05, 3.63) is 70.8 Å². The van der Waals surface area contributed by atoms with E-state index in [0.717, 1.165) is 6.07 Å². The molecule has 0 saturated carbocycles. The van der Waals surface area contributed by atoms with Gasteiger partial charge in [-0.2, -0.15) is 18.3 Å². The second kappa shape index (κ2) is 8.42. The molecule has 5 nitrogen and oxygen atoms in total. The van der Waals surface area contributed by atoms with Crippen molar-refractivity contribution in [3.8, 4) is 11.5 Å². The number of aromatic nitrogens is 3. The summed E-state index contributed by atoms with van der Waals surface area (Å²) >= 11 is 5.81. The largest absolute Gasteiger partial charge is 0.457 e. The van der Waals surface area contributed by atoms with Crippen LogP contribution < -0.4 is 4.74 Å². The molecule has 0 spiro atoms. The fourth-order valence-corrected chi connectivity index (χ4v) is 3.32. The lowest BCUT2D eigenvalue weighted by Crippen LogP contribution is -2.32. The van der Waals surface area contributed by atoms with Gasteiger partial charge in [0.15, 0.2) is 0 Å². The minimum absolute atomic E-state index is 0.00177. The number of hydrogen-bond donors (Lipinski definition) is 2. The Hall–Kier alpha value is -2.58. The van der Waals surface area contributed by atoms with Gasteiger partial charge in [-0.05, 0) is 48.4 Å². The number of nitrogens with one attached hydrogen (secondary N) is 1. The predicted octanol–water partition coefficient (Wildman–Crippen LogP) is 5.50. The molecule has 0 radical (unpaired) electrons. The molecule has 1 aromatic heterocycles. The third-order valence-electron chi connectivity index (χ3n) is 4.44. The average Bonchev–Trinajstić information content (AvgIpc) is 3.16. The molecule has 0 amide bonds.